The van der Waals surface area contributed by atoms with Gasteiger partial charge in [-0.3, -0.25) is 4.79 Å². The van der Waals surface area contributed by atoms with Crippen LogP contribution in [0.5, 0.6) is 0 Å². The van der Waals surface area contributed by atoms with Crippen molar-refractivity contribution < 1.29 is 14.3 Å². The van der Waals surface area contributed by atoms with Crippen molar-refractivity contribution in [2.24, 2.45) is 11.8 Å². The van der Waals surface area contributed by atoms with E-state index in [4.69, 9.17) is 10.5 Å². The van der Waals surface area contributed by atoms with Crippen molar-refractivity contribution in [1.29, 1.82) is 0 Å². The summed E-state index contributed by atoms with van der Waals surface area (Å²) in [6, 6.07) is 11.7. The molecule has 3 heterocycles. The number of rotatable bonds is 4. The minimum atomic E-state index is -0.419. The van der Waals surface area contributed by atoms with Crippen LogP contribution in [0.25, 0.3) is 22.0 Å². The summed E-state index contributed by atoms with van der Waals surface area (Å²) in [7, 11) is 0. The standard InChI is InChI=1S/C22H21N5O3/c1-11-4-2-3-5-13(11)17-6-12-7-19(24-9-16(12)20(23)26-17)27-21(28)15-8-14(15)18-10-25-22(29)30-18/h2-7,9,14-15,18H,8,10H2,1H3,(H2,23,26)(H,25,29)(H,24,27,28)/t14-,15-,18?/m1/s1. The van der Waals surface area contributed by atoms with E-state index in [1.807, 2.05) is 43.3 Å². The molecular formula is C22H21N5O3. The molecule has 30 heavy (non-hydrogen) atoms. The van der Waals surface area contributed by atoms with E-state index >= 15 is 0 Å². The number of nitrogens with two attached hydrogens (primary N) is 1. The second kappa shape index (κ2) is 6.98. The molecule has 2 fully saturated rings. The molecule has 152 valence electrons. The Morgan fingerprint density at radius 1 is 1.30 bits per heavy atom. The summed E-state index contributed by atoms with van der Waals surface area (Å²) in [5, 5.41) is 7.09. The third kappa shape index (κ3) is 3.30. The number of amides is 2. The normalized spacial score (nSPS) is 22.4. The number of hydrogen-bond acceptors (Lipinski definition) is 6. The summed E-state index contributed by atoms with van der Waals surface area (Å²) in [5.74, 6) is 0.619. The lowest BCUT2D eigenvalue weighted by molar-refractivity contribution is -0.117. The maximum atomic E-state index is 12.6. The fourth-order valence-corrected chi connectivity index (χ4v) is 4.03. The topological polar surface area (TPSA) is 119 Å². The first-order chi connectivity index (χ1) is 14.5. The van der Waals surface area contributed by atoms with Crippen LogP contribution in [0.2, 0.25) is 0 Å². The van der Waals surface area contributed by atoms with Crippen molar-refractivity contribution in [2.75, 3.05) is 17.6 Å². The number of anilines is 2. The van der Waals surface area contributed by atoms with E-state index in [1.165, 1.54) is 0 Å². The Bertz CT molecular complexity index is 1180. The number of hydrogen-bond donors (Lipinski definition) is 3. The molecule has 0 bridgehead atoms. The van der Waals surface area contributed by atoms with Gasteiger partial charge in [-0.15, -0.1) is 0 Å². The quantitative estimate of drug-likeness (QED) is 0.616. The molecule has 2 amide bonds. The molecule has 2 aromatic heterocycles. The second-order valence-electron chi connectivity index (χ2n) is 7.82. The first kappa shape index (κ1) is 18.4. The zero-order chi connectivity index (χ0) is 20.8. The molecule has 5 rings (SSSR count). The van der Waals surface area contributed by atoms with Crippen LogP contribution in [0.4, 0.5) is 16.4 Å². The molecule has 0 radical (unpaired) electrons. The van der Waals surface area contributed by atoms with E-state index in [1.54, 1.807) is 6.20 Å². The van der Waals surface area contributed by atoms with E-state index in [-0.39, 0.29) is 23.8 Å². The van der Waals surface area contributed by atoms with E-state index in [0.29, 0.717) is 24.6 Å². The average molecular weight is 403 g/mol. The van der Waals surface area contributed by atoms with Gasteiger partial charge in [0.05, 0.1) is 12.2 Å². The van der Waals surface area contributed by atoms with Crippen LogP contribution in [0.15, 0.2) is 42.6 Å². The number of carbonyl (C=O) groups is 2. The number of aromatic nitrogens is 2. The molecule has 1 saturated heterocycles. The Hall–Kier alpha value is -3.68. The highest BCUT2D eigenvalue weighted by atomic mass is 16.6. The summed E-state index contributed by atoms with van der Waals surface area (Å²) in [6.45, 7) is 2.48. The van der Waals surface area contributed by atoms with Crippen molar-refractivity contribution in [1.82, 2.24) is 15.3 Å². The number of nitrogens with one attached hydrogen (secondary N) is 2. The summed E-state index contributed by atoms with van der Waals surface area (Å²) in [4.78, 5) is 32.7. The van der Waals surface area contributed by atoms with E-state index in [2.05, 4.69) is 20.6 Å². The van der Waals surface area contributed by atoms with Crippen molar-refractivity contribution in [3.05, 3.63) is 48.2 Å². The Kier molecular flexibility index (Phi) is 4.27. The third-order valence-electron chi connectivity index (χ3n) is 5.78. The highest BCUT2D eigenvalue weighted by molar-refractivity contribution is 5.98. The Morgan fingerprint density at radius 3 is 2.90 bits per heavy atom. The maximum absolute atomic E-state index is 12.6. The molecule has 2 aliphatic rings. The summed E-state index contributed by atoms with van der Waals surface area (Å²) in [6.07, 6.45) is 1.67. The number of nitrogen functional groups attached to an aromatic ring is 1. The zero-order valence-corrected chi connectivity index (χ0v) is 16.4. The van der Waals surface area contributed by atoms with Crippen molar-refractivity contribution >= 4 is 34.4 Å². The molecule has 1 saturated carbocycles. The van der Waals surface area contributed by atoms with Crippen LogP contribution in [0.3, 0.4) is 0 Å². The predicted molar refractivity (Wildman–Crippen MR) is 113 cm³/mol. The van der Waals surface area contributed by atoms with Crippen LogP contribution in [-0.4, -0.2) is 34.6 Å². The van der Waals surface area contributed by atoms with E-state index < -0.39 is 6.09 Å². The van der Waals surface area contributed by atoms with Crippen molar-refractivity contribution in [3.8, 4) is 11.3 Å². The number of alkyl carbamates (subject to hydrolysis) is 1. The van der Waals surface area contributed by atoms with Gasteiger partial charge in [-0.1, -0.05) is 24.3 Å². The van der Waals surface area contributed by atoms with Crippen LogP contribution in [-0.2, 0) is 9.53 Å². The van der Waals surface area contributed by atoms with Gasteiger partial charge in [0.2, 0.25) is 5.91 Å². The van der Waals surface area contributed by atoms with Gasteiger partial charge in [-0.05, 0) is 36.4 Å². The smallest absolute Gasteiger partial charge is 0.407 e. The number of cyclic esters (lactones) is 1. The number of carbonyl (C=O) groups excluding carboxylic acids is 2. The molecule has 1 unspecified atom stereocenters. The van der Waals surface area contributed by atoms with Gasteiger partial charge < -0.3 is 21.1 Å². The first-order valence-corrected chi connectivity index (χ1v) is 9.87. The Balaban J connectivity index is 1.37. The molecule has 1 aliphatic heterocycles. The van der Waals surface area contributed by atoms with Crippen LogP contribution in [0, 0.1) is 18.8 Å². The number of aryl methyl sites for hydroxylation is 1. The molecule has 8 nitrogen and oxygen atoms in total. The van der Waals surface area contributed by atoms with Crippen molar-refractivity contribution in [2.45, 2.75) is 19.4 Å². The van der Waals surface area contributed by atoms with Crippen LogP contribution < -0.4 is 16.4 Å². The molecule has 8 heteroatoms. The average Bonchev–Trinajstić information content (AvgIpc) is 3.42. The Labute approximate surface area is 172 Å². The van der Waals surface area contributed by atoms with Gasteiger partial charge in [0.25, 0.3) is 0 Å². The Morgan fingerprint density at radius 2 is 2.13 bits per heavy atom. The molecule has 4 N–H and O–H groups in total. The largest absolute Gasteiger partial charge is 0.444 e. The van der Waals surface area contributed by atoms with Crippen LogP contribution in [0.1, 0.15) is 12.0 Å². The number of nitrogens with zero attached hydrogens (tertiary/aromatic N) is 2. The maximum Gasteiger partial charge on any atom is 0.407 e. The van der Waals surface area contributed by atoms with Gasteiger partial charge in [0.1, 0.15) is 17.7 Å². The number of pyridine rings is 2. The highest BCUT2D eigenvalue weighted by Gasteiger charge is 2.51. The second-order valence-corrected chi connectivity index (χ2v) is 7.82. The lowest BCUT2D eigenvalue weighted by Gasteiger charge is -2.11. The molecule has 3 atom stereocenters. The molecule has 1 aromatic carbocycles. The van der Waals surface area contributed by atoms with Gasteiger partial charge >= 0.3 is 6.09 Å². The predicted octanol–water partition coefficient (Wildman–Crippen LogP) is 2.87. The van der Waals surface area contributed by atoms with Gasteiger partial charge in [-0.25, -0.2) is 14.8 Å². The summed E-state index contributed by atoms with van der Waals surface area (Å²) >= 11 is 0. The molecule has 0 spiro atoms. The molecule has 3 aromatic rings. The minimum Gasteiger partial charge on any atom is -0.444 e. The van der Waals surface area contributed by atoms with Gasteiger partial charge in [0, 0.05) is 29.0 Å². The van der Waals surface area contributed by atoms with E-state index in [0.717, 1.165) is 27.6 Å². The number of fused-ring (bicyclic) bond motifs is 1. The highest BCUT2D eigenvalue weighted by Crippen LogP contribution is 2.44. The van der Waals surface area contributed by atoms with Gasteiger partial charge in [0.15, 0.2) is 0 Å². The number of benzene rings is 1. The SMILES string of the molecule is Cc1ccccc1-c1cc2cc(NC(=O)[C@@H]3C[C@H]3C3CNC(=O)O3)ncc2c(N)n1. The minimum absolute atomic E-state index is 0.0527. The number of ether oxygens (including phenoxy) is 1. The van der Waals surface area contributed by atoms with E-state index in [9.17, 15) is 9.59 Å². The summed E-state index contributed by atoms with van der Waals surface area (Å²) in [5.41, 5.74) is 9.06. The molecular weight excluding hydrogens is 382 g/mol. The zero-order valence-electron chi connectivity index (χ0n) is 16.4. The lowest BCUT2D eigenvalue weighted by Crippen LogP contribution is -2.22. The first-order valence-electron chi connectivity index (χ1n) is 9.87. The summed E-state index contributed by atoms with van der Waals surface area (Å²) < 4.78 is 5.19. The fraction of sp³-hybridized carbons (Fsp3) is 0.273. The van der Waals surface area contributed by atoms with Crippen molar-refractivity contribution in [3.63, 3.8) is 0 Å². The lowest BCUT2D eigenvalue weighted by atomic mass is 10.0. The van der Waals surface area contributed by atoms with Crippen LogP contribution >= 0.6 is 0 Å². The third-order valence-corrected chi connectivity index (χ3v) is 5.78. The fourth-order valence-electron chi connectivity index (χ4n) is 4.03. The molecule has 1 aliphatic carbocycles. The monoisotopic (exact) mass is 403 g/mol. The van der Waals surface area contributed by atoms with Gasteiger partial charge in [-0.2, -0.15) is 0 Å².